The molecule has 0 saturated carbocycles. The average Bonchev–Trinajstić information content (AvgIpc) is 2.65. The van der Waals surface area contributed by atoms with Crippen LogP contribution in [-0.2, 0) is 16.0 Å². The summed E-state index contributed by atoms with van der Waals surface area (Å²) in [6.07, 6.45) is -0.571. The zero-order valence-electron chi connectivity index (χ0n) is 13.3. The SMILES string of the molecule is O=C(CCc1ccccc1F)NNC(=O)C1COc2ccccc2O1. The molecule has 0 aromatic heterocycles. The number of fused-ring (bicyclic) bond motifs is 1. The lowest BCUT2D eigenvalue weighted by atomic mass is 10.1. The van der Waals surface area contributed by atoms with E-state index in [0.717, 1.165) is 0 Å². The lowest BCUT2D eigenvalue weighted by Gasteiger charge is -2.25. The quantitative estimate of drug-likeness (QED) is 0.829. The van der Waals surface area contributed by atoms with Gasteiger partial charge in [0.2, 0.25) is 12.0 Å². The predicted octanol–water partition coefficient (Wildman–Crippen LogP) is 1.75. The highest BCUT2D eigenvalue weighted by Crippen LogP contribution is 2.30. The lowest BCUT2D eigenvalue weighted by Crippen LogP contribution is -2.50. The second kappa shape index (κ2) is 7.65. The Morgan fingerprint density at radius 1 is 1.04 bits per heavy atom. The van der Waals surface area contributed by atoms with Gasteiger partial charge in [-0.3, -0.25) is 20.4 Å². The largest absolute Gasteiger partial charge is 0.485 e. The summed E-state index contributed by atoms with van der Waals surface area (Å²) in [5.74, 6) is -0.256. The molecular formula is C18H17FN2O4. The molecule has 7 heteroatoms. The van der Waals surface area contributed by atoms with Crippen LogP contribution in [0.1, 0.15) is 12.0 Å². The highest BCUT2D eigenvalue weighted by Gasteiger charge is 2.27. The van der Waals surface area contributed by atoms with Crippen molar-refractivity contribution < 1.29 is 23.5 Å². The zero-order chi connectivity index (χ0) is 17.6. The molecule has 1 aliphatic rings. The van der Waals surface area contributed by atoms with Crippen LogP contribution in [0, 0.1) is 5.82 Å². The van der Waals surface area contributed by atoms with E-state index in [1.807, 2.05) is 0 Å². The Hall–Kier alpha value is -3.09. The molecular weight excluding hydrogens is 327 g/mol. The first kappa shape index (κ1) is 16.8. The van der Waals surface area contributed by atoms with Crippen molar-refractivity contribution in [2.75, 3.05) is 6.61 Å². The minimum atomic E-state index is -0.859. The van der Waals surface area contributed by atoms with E-state index in [2.05, 4.69) is 10.9 Å². The lowest BCUT2D eigenvalue weighted by molar-refractivity contribution is -0.135. The number of ether oxygens (including phenoxy) is 2. The molecule has 3 rings (SSSR count). The van der Waals surface area contributed by atoms with E-state index in [0.29, 0.717) is 17.1 Å². The second-order valence-corrected chi connectivity index (χ2v) is 5.49. The summed E-state index contributed by atoms with van der Waals surface area (Å²) < 4.78 is 24.5. The smallest absolute Gasteiger partial charge is 0.283 e. The summed E-state index contributed by atoms with van der Waals surface area (Å²) in [4.78, 5) is 23.8. The number of hydrogen-bond donors (Lipinski definition) is 2. The van der Waals surface area contributed by atoms with E-state index >= 15 is 0 Å². The van der Waals surface area contributed by atoms with Crippen molar-refractivity contribution in [2.45, 2.75) is 18.9 Å². The molecule has 1 unspecified atom stereocenters. The minimum Gasteiger partial charge on any atom is -0.485 e. The fourth-order valence-electron chi connectivity index (χ4n) is 2.37. The van der Waals surface area contributed by atoms with Crippen LogP contribution in [-0.4, -0.2) is 24.5 Å². The molecule has 1 heterocycles. The normalized spacial score (nSPS) is 15.3. The summed E-state index contributed by atoms with van der Waals surface area (Å²) in [6, 6.07) is 13.3. The van der Waals surface area contributed by atoms with Gasteiger partial charge >= 0.3 is 0 Å². The Morgan fingerprint density at radius 2 is 1.76 bits per heavy atom. The number of hydrogen-bond acceptors (Lipinski definition) is 4. The Bertz CT molecular complexity index is 781. The molecule has 2 aromatic rings. The van der Waals surface area contributed by atoms with E-state index < -0.39 is 17.9 Å². The molecule has 1 atom stereocenters. The van der Waals surface area contributed by atoms with Crippen molar-refractivity contribution in [1.82, 2.24) is 10.9 Å². The van der Waals surface area contributed by atoms with Gasteiger partial charge in [0.1, 0.15) is 12.4 Å². The Morgan fingerprint density at radius 3 is 2.56 bits per heavy atom. The summed E-state index contributed by atoms with van der Waals surface area (Å²) in [7, 11) is 0. The van der Waals surface area contributed by atoms with Crippen LogP contribution < -0.4 is 20.3 Å². The van der Waals surface area contributed by atoms with Crippen LogP contribution in [0.25, 0.3) is 0 Å². The van der Waals surface area contributed by atoms with E-state index in [4.69, 9.17) is 9.47 Å². The van der Waals surface area contributed by atoms with Crippen molar-refractivity contribution in [3.8, 4) is 11.5 Å². The van der Waals surface area contributed by atoms with Gasteiger partial charge in [0.05, 0.1) is 0 Å². The van der Waals surface area contributed by atoms with E-state index in [-0.39, 0.29) is 25.3 Å². The van der Waals surface area contributed by atoms with Gasteiger partial charge in [-0.2, -0.15) is 0 Å². The monoisotopic (exact) mass is 344 g/mol. The standard InChI is InChI=1S/C18H17FN2O4/c19-13-6-2-1-5-12(13)9-10-17(22)20-21-18(23)16-11-24-14-7-3-4-8-15(14)25-16/h1-8,16H,9-11H2,(H,20,22)(H,21,23). The fourth-order valence-corrected chi connectivity index (χ4v) is 2.37. The molecule has 0 radical (unpaired) electrons. The van der Waals surface area contributed by atoms with Gasteiger partial charge in [0, 0.05) is 6.42 Å². The van der Waals surface area contributed by atoms with Gasteiger partial charge in [0.25, 0.3) is 5.91 Å². The van der Waals surface area contributed by atoms with Crippen LogP contribution in [0.5, 0.6) is 11.5 Å². The van der Waals surface area contributed by atoms with Gasteiger partial charge in [0.15, 0.2) is 11.5 Å². The van der Waals surface area contributed by atoms with Gasteiger partial charge in [-0.25, -0.2) is 4.39 Å². The number of benzene rings is 2. The molecule has 0 aliphatic carbocycles. The zero-order valence-corrected chi connectivity index (χ0v) is 13.3. The van der Waals surface area contributed by atoms with Crippen LogP contribution >= 0.6 is 0 Å². The van der Waals surface area contributed by atoms with Crippen molar-refractivity contribution in [3.05, 3.63) is 59.9 Å². The van der Waals surface area contributed by atoms with Crippen LogP contribution in [0.4, 0.5) is 4.39 Å². The minimum absolute atomic E-state index is 0.0477. The topological polar surface area (TPSA) is 76.7 Å². The van der Waals surface area contributed by atoms with Crippen LogP contribution in [0.15, 0.2) is 48.5 Å². The Balaban J connectivity index is 1.45. The van der Waals surface area contributed by atoms with Crippen molar-refractivity contribution in [3.63, 3.8) is 0 Å². The number of nitrogens with one attached hydrogen (secondary N) is 2. The average molecular weight is 344 g/mol. The molecule has 0 saturated heterocycles. The maximum atomic E-state index is 13.5. The highest BCUT2D eigenvalue weighted by atomic mass is 19.1. The maximum absolute atomic E-state index is 13.5. The molecule has 2 N–H and O–H groups in total. The summed E-state index contributed by atoms with van der Waals surface area (Å²) in [5, 5.41) is 0. The predicted molar refractivity (Wildman–Crippen MR) is 87.4 cm³/mol. The van der Waals surface area contributed by atoms with Gasteiger partial charge in [-0.1, -0.05) is 30.3 Å². The number of rotatable bonds is 4. The van der Waals surface area contributed by atoms with Crippen molar-refractivity contribution >= 4 is 11.8 Å². The third kappa shape index (κ3) is 4.26. The molecule has 25 heavy (non-hydrogen) atoms. The number of carbonyl (C=O) groups is 2. The number of carbonyl (C=O) groups excluding carboxylic acids is 2. The number of aryl methyl sites for hydroxylation is 1. The first-order chi connectivity index (χ1) is 12.1. The third-order valence-corrected chi connectivity index (χ3v) is 3.71. The molecule has 0 bridgehead atoms. The first-order valence-electron chi connectivity index (χ1n) is 7.84. The molecule has 1 aliphatic heterocycles. The fraction of sp³-hybridized carbons (Fsp3) is 0.222. The van der Waals surface area contributed by atoms with Gasteiger partial charge in [-0.05, 0) is 30.2 Å². The van der Waals surface area contributed by atoms with Gasteiger partial charge < -0.3 is 9.47 Å². The second-order valence-electron chi connectivity index (χ2n) is 5.49. The van der Waals surface area contributed by atoms with Crippen molar-refractivity contribution in [2.24, 2.45) is 0 Å². The maximum Gasteiger partial charge on any atom is 0.283 e. The molecule has 2 aromatic carbocycles. The Labute approximate surface area is 143 Å². The van der Waals surface area contributed by atoms with Gasteiger partial charge in [-0.15, -0.1) is 0 Å². The van der Waals surface area contributed by atoms with E-state index in [1.54, 1.807) is 42.5 Å². The van der Waals surface area contributed by atoms with Crippen molar-refractivity contribution in [1.29, 1.82) is 0 Å². The molecule has 0 spiro atoms. The molecule has 6 nitrogen and oxygen atoms in total. The summed E-state index contributed by atoms with van der Waals surface area (Å²) in [6.45, 7) is 0.0495. The van der Waals surface area contributed by atoms with Crippen LogP contribution in [0.3, 0.4) is 0 Å². The summed E-state index contributed by atoms with van der Waals surface area (Å²) in [5.41, 5.74) is 5.04. The molecule has 130 valence electrons. The number of amides is 2. The summed E-state index contributed by atoms with van der Waals surface area (Å²) >= 11 is 0. The number of halogens is 1. The van der Waals surface area contributed by atoms with E-state index in [9.17, 15) is 14.0 Å². The number of hydrazine groups is 1. The number of para-hydroxylation sites is 2. The molecule has 2 amide bonds. The highest BCUT2D eigenvalue weighted by molar-refractivity contribution is 5.85. The van der Waals surface area contributed by atoms with E-state index in [1.165, 1.54) is 6.07 Å². The van der Waals surface area contributed by atoms with Crippen LogP contribution in [0.2, 0.25) is 0 Å². The molecule has 0 fully saturated rings. The first-order valence-corrected chi connectivity index (χ1v) is 7.84. The third-order valence-electron chi connectivity index (χ3n) is 3.71. The Kier molecular flexibility index (Phi) is 5.13.